The summed E-state index contributed by atoms with van der Waals surface area (Å²) in [5, 5.41) is 13.9. The maximum atomic E-state index is 13.0. The zero-order chi connectivity index (χ0) is 20.8. The summed E-state index contributed by atoms with van der Waals surface area (Å²) in [5.41, 5.74) is 2.58. The van der Waals surface area contributed by atoms with Crippen molar-refractivity contribution < 1.29 is 18.8 Å². The number of methoxy groups -OCH3 is 1. The van der Waals surface area contributed by atoms with Crippen LogP contribution in [0.2, 0.25) is 0 Å². The summed E-state index contributed by atoms with van der Waals surface area (Å²) in [6.45, 7) is 0.765. The molecule has 0 aromatic heterocycles. The number of ether oxygens (including phenoxy) is 2. The quantitative estimate of drug-likeness (QED) is 0.344. The highest BCUT2D eigenvalue weighted by Gasteiger charge is 2.12. The first-order valence-corrected chi connectivity index (χ1v) is 9.47. The van der Waals surface area contributed by atoms with Crippen LogP contribution < -0.4 is 14.8 Å². The zero-order valence-electron chi connectivity index (χ0n) is 15.5. The molecule has 0 saturated carbocycles. The van der Waals surface area contributed by atoms with Crippen molar-refractivity contribution in [2.45, 2.75) is 13.2 Å². The predicted octanol–water partition coefficient (Wildman–Crippen LogP) is 5.70. The van der Waals surface area contributed by atoms with Crippen molar-refractivity contribution in [3.8, 4) is 11.5 Å². The van der Waals surface area contributed by atoms with Crippen LogP contribution in [0.1, 0.15) is 11.1 Å². The van der Waals surface area contributed by atoms with Gasteiger partial charge in [0.25, 0.3) is 5.69 Å². The smallest absolute Gasteiger partial charge is 0.269 e. The van der Waals surface area contributed by atoms with Crippen molar-refractivity contribution in [1.29, 1.82) is 0 Å². The molecule has 0 fully saturated rings. The van der Waals surface area contributed by atoms with Crippen molar-refractivity contribution in [3.63, 3.8) is 0 Å². The minimum absolute atomic E-state index is 0.0441. The molecule has 0 aliphatic rings. The fourth-order valence-electron chi connectivity index (χ4n) is 2.66. The Morgan fingerprint density at radius 3 is 2.38 bits per heavy atom. The van der Waals surface area contributed by atoms with Crippen LogP contribution in [0, 0.1) is 15.9 Å². The van der Waals surface area contributed by atoms with Crippen LogP contribution in [-0.4, -0.2) is 12.0 Å². The molecule has 0 aliphatic carbocycles. The monoisotopic (exact) mass is 460 g/mol. The number of non-ortho nitro benzene ring substituents is 1. The Labute approximate surface area is 175 Å². The van der Waals surface area contributed by atoms with E-state index >= 15 is 0 Å². The molecule has 29 heavy (non-hydrogen) atoms. The molecule has 150 valence electrons. The molecule has 6 nitrogen and oxygen atoms in total. The van der Waals surface area contributed by atoms with E-state index in [1.807, 2.05) is 12.1 Å². The topological polar surface area (TPSA) is 73.6 Å². The van der Waals surface area contributed by atoms with Crippen LogP contribution in [0.5, 0.6) is 11.5 Å². The fraction of sp³-hybridized carbons (Fsp3) is 0.143. The number of hydrogen-bond donors (Lipinski definition) is 1. The molecule has 0 spiro atoms. The molecule has 3 rings (SSSR count). The average molecular weight is 461 g/mol. The number of anilines is 1. The van der Waals surface area contributed by atoms with Gasteiger partial charge < -0.3 is 14.8 Å². The first kappa shape index (κ1) is 20.6. The van der Waals surface area contributed by atoms with Crippen LogP contribution in [0.15, 0.2) is 65.1 Å². The molecule has 0 radical (unpaired) electrons. The van der Waals surface area contributed by atoms with Gasteiger partial charge in [-0.2, -0.15) is 0 Å². The zero-order valence-corrected chi connectivity index (χ0v) is 17.1. The number of nitrogens with one attached hydrogen (secondary N) is 1. The first-order chi connectivity index (χ1) is 14.0. The lowest BCUT2D eigenvalue weighted by molar-refractivity contribution is -0.384. The number of benzene rings is 3. The standard InChI is InChI=1S/C21H18BrFN2O4/c1-28-20-11-15(12-24-17-6-8-18(9-7-17)25(26)27)10-19(22)21(20)29-13-14-2-4-16(23)5-3-14/h2-11,24H,12-13H2,1H3. The number of nitro groups is 1. The van der Waals surface area contributed by atoms with E-state index < -0.39 is 4.92 Å². The number of hydrogen-bond acceptors (Lipinski definition) is 5. The van der Waals surface area contributed by atoms with E-state index in [4.69, 9.17) is 9.47 Å². The Morgan fingerprint density at radius 2 is 1.76 bits per heavy atom. The maximum Gasteiger partial charge on any atom is 0.269 e. The van der Waals surface area contributed by atoms with Crippen molar-refractivity contribution >= 4 is 27.3 Å². The van der Waals surface area contributed by atoms with Gasteiger partial charge in [0.05, 0.1) is 16.5 Å². The molecule has 8 heteroatoms. The Kier molecular flexibility index (Phi) is 6.66. The third-order valence-corrected chi connectivity index (χ3v) is 4.75. The second-order valence-electron chi connectivity index (χ2n) is 6.18. The average Bonchev–Trinajstić information content (AvgIpc) is 2.72. The highest BCUT2D eigenvalue weighted by molar-refractivity contribution is 9.10. The summed E-state index contributed by atoms with van der Waals surface area (Å²) in [6, 6.07) is 16.1. The molecule has 0 heterocycles. The highest BCUT2D eigenvalue weighted by Crippen LogP contribution is 2.37. The van der Waals surface area contributed by atoms with Gasteiger partial charge in [0, 0.05) is 24.4 Å². The van der Waals surface area contributed by atoms with E-state index in [2.05, 4.69) is 21.2 Å². The Morgan fingerprint density at radius 1 is 1.07 bits per heavy atom. The summed E-state index contributed by atoms with van der Waals surface area (Å²) < 4.78 is 25.1. The van der Waals surface area contributed by atoms with E-state index in [1.165, 1.54) is 24.3 Å². The molecular weight excluding hydrogens is 443 g/mol. The molecule has 0 atom stereocenters. The molecule has 0 bridgehead atoms. The maximum absolute atomic E-state index is 13.0. The van der Waals surface area contributed by atoms with Crippen molar-refractivity contribution in [3.05, 3.63) is 92.2 Å². The largest absolute Gasteiger partial charge is 0.493 e. The summed E-state index contributed by atoms with van der Waals surface area (Å²) in [5.74, 6) is 0.815. The first-order valence-electron chi connectivity index (χ1n) is 8.68. The second kappa shape index (κ2) is 9.38. The SMILES string of the molecule is COc1cc(CNc2ccc([N+](=O)[O-])cc2)cc(Br)c1OCc1ccc(F)cc1. The molecule has 3 aromatic carbocycles. The molecule has 0 unspecified atom stereocenters. The molecular formula is C21H18BrFN2O4. The number of rotatable bonds is 8. The highest BCUT2D eigenvalue weighted by atomic mass is 79.9. The lowest BCUT2D eigenvalue weighted by Gasteiger charge is -2.15. The normalized spacial score (nSPS) is 10.4. The Balaban J connectivity index is 1.68. The van der Waals surface area contributed by atoms with Gasteiger partial charge in [-0.1, -0.05) is 12.1 Å². The number of nitro benzene ring substituents is 1. The third-order valence-electron chi connectivity index (χ3n) is 4.16. The Bertz CT molecular complexity index is 995. The van der Waals surface area contributed by atoms with E-state index in [0.29, 0.717) is 18.0 Å². The van der Waals surface area contributed by atoms with Crippen LogP contribution >= 0.6 is 15.9 Å². The molecule has 0 aliphatic heterocycles. The lowest BCUT2D eigenvalue weighted by Crippen LogP contribution is -2.03. The van der Waals surface area contributed by atoms with Gasteiger partial charge >= 0.3 is 0 Å². The van der Waals surface area contributed by atoms with Crippen LogP contribution in [-0.2, 0) is 13.2 Å². The van der Waals surface area contributed by atoms with Gasteiger partial charge in [0.1, 0.15) is 12.4 Å². The van der Waals surface area contributed by atoms with Crippen LogP contribution in [0.3, 0.4) is 0 Å². The van der Waals surface area contributed by atoms with Gasteiger partial charge in [-0.25, -0.2) is 4.39 Å². The predicted molar refractivity (Wildman–Crippen MR) is 112 cm³/mol. The summed E-state index contributed by atoms with van der Waals surface area (Å²) in [6.07, 6.45) is 0. The van der Waals surface area contributed by atoms with E-state index in [9.17, 15) is 14.5 Å². The van der Waals surface area contributed by atoms with Crippen molar-refractivity contribution in [2.75, 3.05) is 12.4 Å². The second-order valence-corrected chi connectivity index (χ2v) is 7.04. The fourth-order valence-corrected chi connectivity index (χ4v) is 3.26. The van der Waals surface area contributed by atoms with Crippen LogP contribution in [0.4, 0.5) is 15.8 Å². The van der Waals surface area contributed by atoms with Crippen molar-refractivity contribution in [1.82, 2.24) is 0 Å². The summed E-state index contributed by atoms with van der Waals surface area (Å²) in [7, 11) is 1.56. The van der Waals surface area contributed by atoms with Gasteiger partial charge in [0.2, 0.25) is 0 Å². The third kappa shape index (κ3) is 5.45. The number of halogens is 2. The lowest BCUT2D eigenvalue weighted by atomic mass is 10.2. The van der Waals surface area contributed by atoms with E-state index in [0.717, 1.165) is 21.3 Å². The summed E-state index contributed by atoms with van der Waals surface area (Å²) in [4.78, 5) is 10.3. The Hall–Kier alpha value is -3.13. The van der Waals surface area contributed by atoms with Gasteiger partial charge in [-0.05, 0) is 63.5 Å². The number of nitrogens with zero attached hydrogens (tertiary/aromatic N) is 1. The molecule has 0 saturated heterocycles. The van der Waals surface area contributed by atoms with Crippen LogP contribution in [0.25, 0.3) is 0 Å². The molecule has 0 amide bonds. The van der Waals surface area contributed by atoms with E-state index in [1.54, 1.807) is 31.4 Å². The summed E-state index contributed by atoms with van der Waals surface area (Å²) >= 11 is 3.51. The molecule has 1 N–H and O–H groups in total. The minimum atomic E-state index is -0.434. The van der Waals surface area contributed by atoms with Gasteiger partial charge in [-0.15, -0.1) is 0 Å². The van der Waals surface area contributed by atoms with E-state index in [-0.39, 0.29) is 18.1 Å². The van der Waals surface area contributed by atoms with Crippen molar-refractivity contribution in [2.24, 2.45) is 0 Å². The van der Waals surface area contributed by atoms with Gasteiger partial charge in [0.15, 0.2) is 11.5 Å². The minimum Gasteiger partial charge on any atom is -0.493 e. The molecule has 3 aromatic rings. The van der Waals surface area contributed by atoms with Gasteiger partial charge in [-0.3, -0.25) is 10.1 Å².